The van der Waals surface area contributed by atoms with Gasteiger partial charge in [0.05, 0.1) is 10.0 Å². The highest BCUT2D eigenvalue weighted by atomic mass is 79.9. The average Bonchev–Trinajstić information content (AvgIpc) is 2.21. The number of halogens is 1. The van der Waals surface area contributed by atoms with Gasteiger partial charge in [-0.25, -0.2) is 0 Å². The molecule has 1 aromatic carbocycles. The molecule has 0 fully saturated rings. The van der Waals surface area contributed by atoms with Crippen LogP contribution in [-0.2, 0) is 4.79 Å². The minimum absolute atomic E-state index is 0.117. The number of anilines is 1. The lowest BCUT2D eigenvalue weighted by Gasteiger charge is -2.07. The highest BCUT2D eigenvalue weighted by molar-refractivity contribution is 9.10. The smallest absolute Gasteiger partial charge is 0.252 e. The first-order chi connectivity index (χ1) is 7.52. The Labute approximate surface area is 101 Å². The summed E-state index contributed by atoms with van der Waals surface area (Å²) in [6.07, 6.45) is 0.117. The number of nitrogens with one attached hydrogen (secondary N) is 1. The Balaban J connectivity index is 2.66. The summed E-state index contributed by atoms with van der Waals surface area (Å²) in [6, 6.07) is 5.01. The summed E-state index contributed by atoms with van der Waals surface area (Å²) in [6.45, 7) is 0.218. The van der Waals surface area contributed by atoms with Crippen molar-refractivity contribution in [3.05, 3.63) is 28.2 Å². The topological polar surface area (TPSA) is 98.2 Å². The molecule has 0 aromatic heterocycles. The van der Waals surface area contributed by atoms with Crippen LogP contribution < -0.4 is 16.8 Å². The highest BCUT2D eigenvalue weighted by Crippen LogP contribution is 2.23. The quantitative estimate of drug-likeness (QED) is 0.708. The highest BCUT2D eigenvalue weighted by Gasteiger charge is 2.11. The lowest BCUT2D eigenvalue weighted by Crippen LogP contribution is -2.28. The summed E-state index contributed by atoms with van der Waals surface area (Å²) < 4.78 is 0.548. The van der Waals surface area contributed by atoms with Crippen molar-refractivity contribution < 1.29 is 9.59 Å². The fraction of sp³-hybridized carbons (Fsp3) is 0.200. The van der Waals surface area contributed by atoms with Crippen LogP contribution in [0.15, 0.2) is 22.7 Å². The maximum absolute atomic E-state index is 11.7. The standard InChI is InChI=1S/C10H12BrN3O2/c11-9-6(2-1-3-7(9)12)10(16)14-5-4-8(13)15/h1-3H,4-5,12H2,(H2,13,15)(H,14,16). The minimum atomic E-state index is -0.452. The monoisotopic (exact) mass is 285 g/mol. The maximum Gasteiger partial charge on any atom is 0.252 e. The van der Waals surface area contributed by atoms with Crippen LogP contribution in [0, 0.1) is 0 Å². The van der Waals surface area contributed by atoms with E-state index in [1.165, 1.54) is 0 Å². The van der Waals surface area contributed by atoms with Crippen molar-refractivity contribution in [1.82, 2.24) is 5.32 Å². The fourth-order valence-corrected chi connectivity index (χ4v) is 1.56. The van der Waals surface area contributed by atoms with Gasteiger partial charge < -0.3 is 16.8 Å². The van der Waals surface area contributed by atoms with E-state index in [2.05, 4.69) is 21.2 Å². The van der Waals surface area contributed by atoms with E-state index in [1.807, 2.05) is 0 Å². The van der Waals surface area contributed by atoms with E-state index in [0.717, 1.165) is 0 Å². The first-order valence-electron chi connectivity index (χ1n) is 4.63. The zero-order chi connectivity index (χ0) is 12.1. The third kappa shape index (κ3) is 3.23. The van der Waals surface area contributed by atoms with E-state index in [0.29, 0.717) is 15.7 Å². The number of hydrogen-bond acceptors (Lipinski definition) is 3. The normalized spacial score (nSPS) is 9.81. The summed E-state index contributed by atoms with van der Waals surface area (Å²) in [5.74, 6) is -0.743. The van der Waals surface area contributed by atoms with Gasteiger partial charge in [-0.15, -0.1) is 0 Å². The van der Waals surface area contributed by atoms with Gasteiger partial charge in [-0.05, 0) is 28.1 Å². The van der Waals surface area contributed by atoms with E-state index in [4.69, 9.17) is 11.5 Å². The molecule has 1 aromatic rings. The minimum Gasteiger partial charge on any atom is -0.398 e. The first kappa shape index (κ1) is 12.5. The van der Waals surface area contributed by atoms with E-state index in [1.54, 1.807) is 18.2 Å². The van der Waals surface area contributed by atoms with Crippen LogP contribution >= 0.6 is 15.9 Å². The molecule has 0 aliphatic rings. The molecular formula is C10H12BrN3O2. The molecule has 0 saturated carbocycles. The molecule has 2 amide bonds. The number of hydrogen-bond donors (Lipinski definition) is 3. The Kier molecular flexibility index (Phi) is 4.30. The van der Waals surface area contributed by atoms with Gasteiger partial charge in [-0.1, -0.05) is 6.07 Å². The predicted molar refractivity (Wildman–Crippen MR) is 64.7 cm³/mol. The molecule has 6 heteroatoms. The Morgan fingerprint density at radius 1 is 1.38 bits per heavy atom. The average molecular weight is 286 g/mol. The Morgan fingerprint density at radius 2 is 2.06 bits per heavy atom. The number of nitrogens with two attached hydrogens (primary N) is 2. The third-order valence-electron chi connectivity index (χ3n) is 1.93. The molecule has 5 N–H and O–H groups in total. The number of benzene rings is 1. The zero-order valence-electron chi connectivity index (χ0n) is 8.50. The van der Waals surface area contributed by atoms with Crippen molar-refractivity contribution >= 4 is 33.4 Å². The van der Waals surface area contributed by atoms with Crippen LogP contribution in [-0.4, -0.2) is 18.4 Å². The van der Waals surface area contributed by atoms with Gasteiger partial charge in [-0.2, -0.15) is 0 Å². The molecule has 0 unspecified atom stereocenters. The van der Waals surface area contributed by atoms with E-state index < -0.39 is 5.91 Å². The van der Waals surface area contributed by atoms with E-state index in [9.17, 15) is 9.59 Å². The van der Waals surface area contributed by atoms with Crippen LogP contribution in [0.1, 0.15) is 16.8 Å². The molecule has 1 rings (SSSR count). The number of carbonyl (C=O) groups is 2. The van der Waals surface area contributed by atoms with Crippen molar-refractivity contribution in [2.24, 2.45) is 5.73 Å². The second kappa shape index (κ2) is 5.50. The molecule has 0 aliphatic carbocycles. The largest absolute Gasteiger partial charge is 0.398 e. The zero-order valence-corrected chi connectivity index (χ0v) is 10.1. The van der Waals surface area contributed by atoms with Crippen molar-refractivity contribution in [3.63, 3.8) is 0 Å². The molecule has 0 saturated heterocycles. The van der Waals surface area contributed by atoms with Crippen molar-refractivity contribution in [3.8, 4) is 0 Å². The van der Waals surface area contributed by atoms with Crippen LogP contribution in [0.25, 0.3) is 0 Å². The Bertz CT molecular complexity index is 421. The van der Waals surface area contributed by atoms with E-state index >= 15 is 0 Å². The van der Waals surface area contributed by atoms with Crippen LogP contribution in [0.4, 0.5) is 5.69 Å². The summed E-state index contributed by atoms with van der Waals surface area (Å²) in [5.41, 5.74) is 11.5. The van der Waals surface area contributed by atoms with Crippen LogP contribution in [0.3, 0.4) is 0 Å². The predicted octanol–water partition coefficient (Wildman–Crippen LogP) is 0.636. The number of rotatable bonds is 4. The molecule has 86 valence electrons. The summed E-state index contributed by atoms with van der Waals surface area (Å²) in [4.78, 5) is 22.1. The lowest BCUT2D eigenvalue weighted by molar-refractivity contribution is -0.117. The van der Waals surface area contributed by atoms with Crippen LogP contribution in [0.5, 0.6) is 0 Å². The Hall–Kier alpha value is -1.56. The number of amides is 2. The first-order valence-corrected chi connectivity index (χ1v) is 5.42. The molecule has 0 aliphatic heterocycles. The summed E-state index contributed by atoms with van der Waals surface area (Å²) in [7, 11) is 0. The summed E-state index contributed by atoms with van der Waals surface area (Å²) >= 11 is 3.22. The lowest BCUT2D eigenvalue weighted by atomic mass is 10.2. The second-order valence-electron chi connectivity index (χ2n) is 3.18. The van der Waals surface area contributed by atoms with Crippen molar-refractivity contribution in [2.75, 3.05) is 12.3 Å². The van der Waals surface area contributed by atoms with Gasteiger partial charge >= 0.3 is 0 Å². The van der Waals surface area contributed by atoms with Gasteiger partial charge in [0.25, 0.3) is 5.91 Å². The molecular weight excluding hydrogens is 274 g/mol. The number of primary amides is 1. The SMILES string of the molecule is NC(=O)CCNC(=O)c1cccc(N)c1Br. The number of carbonyl (C=O) groups excluding carboxylic acids is 2. The molecule has 0 bridgehead atoms. The van der Waals surface area contributed by atoms with Crippen molar-refractivity contribution in [1.29, 1.82) is 0 Å². The molecule has 0 spiro atoms. The maximum atomic E-state index is 11.7. The Morgan fingerprint density at radius 3 is 2.69 bits per heavy atom. The van der Waals surface area contributed by atoms with Crippen LogP contribution in [0.2, 0.25) is 0 Å². The molecule has 0 heterocycles. The van der Waals surface area contributed by atoms with E-state index in [-0.39, 0.29) is 18.9 Å². The molecule has 0 atom stereocenters. The van der Waals surface area contributed by atoms with Gasteiger partial charge in [0, 0.05) is 18.7 Å². The van der Waals surface area contributed by atoms with Gasteiger partial charge in [0.2, 0.25) is 5.91 Å². The number of nitrogen functional groups attached to an aromatic ring is 1. The fourth-order valence-electron chi connectivity index (χ4n) is 1.12. The summed E-state index contributed by atoms with van der Waals surface area (Å²) in [5, 5.41) is 2.57. The van der Waals surface area contributed by atoms with Gasteiger partial charge in [-0.3, -0.25) is 9.59 Å². The third-order valence-corrected chi connectivity index (χ3v) is 2.82. The van der Waals surface area contributed by atoms with Crippen molar-refractivity contribution in [2.45, 2.75) is 6.42 Å². The molecule has 16 heavy (non-hydrogen) atoms. The van der Waals surface area contributed by atoms with Gasteiger partial charge in [0.1, 0.15) is 0 Å². The molecule has 0 radical (unpaired) electrons. The second-order valence-corrected chi connectivity index (χ2v) is 3.97. The van der Waals surface area contributed by atoms with Gasteiger partial charge in [0.15, 0.2) is 0 Å². The molecule has 5 nitrogen and oxygen atoms in total.